The Morgan fingerprint density at radius 2 is 1.87 bits per heavy atom. The standard InChI is InChI=1S/C18H20N2O3/c1-3-17(21)20(13-14-6-5-11-19-12-14)16-9-7-15(8-10-16)18(22)23-4-2/h5-12H,3-4,13H2,1-2H3. The third-order valence-electron chi connectivity index (χ3n) is 3.36. The number of anilines is 1. The van der Waals surface area contributed by atoms with Crippen LogP contribution in [0.3, 0.4) is 0 Å². The Kier molecular flexibility index (Phi) is 5.86. The Bertz CT molecular complexity index is 654. The number of carbonyl (C=O) groups excluding carboxylic acids is 2. The van der Waals surface area contributed by atoms with Crippen LogP contribution in [0.4, 0.5) is 5.69 Å². The van der Waals surface area contributed by atoms with Gasteiger partial charge in [-0.15, -0.1) is 0 Å². The number of aromatic nitrogens is 1. The summed E-state index contributed by atoms with van der Waals surface area (Å²) in [6.45, 7) is 4.37. The van der Waals surface area contributed by atoms with Gasteiger partial charge >= 0.3 is 5.97 Å². The third-order valence-corrected chi connectivity index (χ3v) is 3.36. The highest BCUT2D eigenvalue weighted by Gasteiger charge is 2.15. The maximum absolute atomic E-state index is 12.3. The van der Waals surface area contributed by atoms with Crippen molar-refractivity contribution < 1.29 is 14.3 Å². The van der Waals surface area contributed by atoms with Crippen LogP contribution < -0.4 is 4.90 Å². The molecule has 2 rings (SSSR count). The van der Waals surface area contributed by atoms with Crippen LogP contribution in [0.1, 0.15) is 36.2 Å². The van der Waals surface area contributed by atoms with Crippen LogP contribution in [0.5, 0.6) is 0 Å². The number of rotatable bonds is 6. The van der Waals surface area contributed by atoms with Gasteiger partial charge in [-0.1, -0.05) is 13.0 Å². The van der Waals surface area contributed by atoms with Gasteiger partial charge in [0.05, 0.1) is 18.7 Å². The number of esters is 1. The van der Waals surface area contributed by atoms with E-state index in [0.29, 0.717) is 25.1 Å². The zero-order valence-corrected chi connectivity index (χ0v) is 13.4. The van der Waals surface area contributed by atoms with Crippen molar-refractivity contribution in [1.29, 1.82) is 0 Å². The molecule has 0 N–H and O–H groups in total. The van der Waals surface area contributed by atoms with Crippen molar-refractivity contribution in [2.45, 2.75) is 26.8 Å². The number of carbonyl (C=O) groups is 2. The van der Waals surface area contributed by atoms with Crippen molar-refractivity contribution in [3.63, 3.8) is 0 Å². The molecule has 2 aromatic rings. The first-order valence-electron chi connectivity index (χ1n) is 7.62. The van der Waals surface area contributed by atoms with Gasteiger partial charge in [0, 0.05) is 24.5 Å². The average molecular weight is 312 g/mol. The second-order valence-electron chi connectivity index (χ2n) is 4.96. The fourth-order valence-corrected chi connectivity index (χ4v) is 2.18. The molecule has 120 valence electrons. The Balaban J connectivity index is 2.22. The van der Waals surface area contributed by atoms with Gasteiger partial charge < -0.3 is 9.64 Å². The zero-order chi connectivity index (χ0) is 16.7. The monoisotopic (exact) mass is 312 g/mol. The van der Waals surface area contributed by atoms with Gasteiger partial charge in [0.1, 0.15) is 0 Å². The van der Waals surface area contributed by atoms with E-state index in [2.05, 4.69) is 4.98 Å². The molecule has 0 radical (unpaired) electrons. The molecule has 0 saturated carbocycles. The summed E-state index contributed by atoms with van der Waals surface area (Å²) in [5, 5.41) is 0. The van der Waals surface area contributed by atoms with E-state index < -0.39 is 0 Å². The number of pyridine rings is 1. The minimum Gasteiger partial charge on any atom is -0.462 e. The lowest BCUT2D eigenvalue weighted by Gasteiger charge is -2.22. The first kappa shape index (κ1) is 16.7. The zero-order valence-electron chi connectivity index (χ0n) is 13.4. The van der Waals surface area contributed by atoms with Crippen LogP contribution in [0.2, 0.25) is 0 Å². The molecule has 1 aromatic heterocycles. The smallest absolute Gasteiger partial charge is 0.338 e. The van der Waals surface area contributed by atoms with Gasteiger partial charge in [0.2, 0.25) is 5.91 Å². The van der Waals surface area contributed by atoms with Gasteiger partial charge in [-0.3, -0.25) is 9.78 Å². The van der Waals surface area contributed by atoms with E-state index in [4.69, 9.17) is 4.74 Å². The second kappa shape index (κ2) is 8.08. The summed E-state index contributed by atoms with van der Waals surface area (Å²) >= 11 is 0. The lowest BCUT2D eigenvalue weighted by atomic mass is 10.1. The normalized spacial score (nSPS) is 10.2. The first-order chi connectivity index (χ1) is 11.2. The summed E-state index contributed by atoms with van der Waals surface area (Å²) in [7, 11) is 0. The summed E-state index contributed by atoms with van der Waals surface area (Å²) in [5.74, 6) is -0.350. The average Bonchev–Trinajstić information content (AvgIpc) is 2.60. The molecule has 0 aliphatic carbocycles. The van der Waals surface area contributed by atoms with Crippen molar-refractivity contribution in [2.75, 3.05) is 11.5 Å². The third kappa shape index (κ3) is 4.39. The fraction of sp³-hybridized carbons (Fsp3) is 0.278. The van der Waals surface area contributed by atoms with Crippen molar-refractivity contribution in [1.82, 2.24) is 4.98 Å². The lowest BCUT2D eigenvalue weighted by Crippen LogP contribution is -2.29. The SMILES string of the molecule is CCOC(=O)c1ccc(N(Cc2cccnc2)C(=O)CC)cc1. The summed E-state index contributed by atoms with van der Waals surface area (Å²) in [4.78, 5) is 29.7. The Morgan fingerprint density at radius 3 is 2.43 bits per heavy atom. The molecule has 1 amide bonds. The van der Waals surface area contributed by atoms with E-state index >= 15 is 0 Å². The number of ether oxygens (including phenoxy) is 1. The number of amides is 1. The molecule has 0 saturated heterocycles. The van der Waals surface area contributed by atoms with Crippen molar-refractivity contribution >= 4 is 17.6 Å². The first-order valence-corrected chi connectivity index (χ1v) is 7.62. The molecule has 0 aliphatic heterocycles. The summed E-state index contributed by atoms with van der Waals surface area (Å²) in [6.07, 6.45) is 3.84. The van der Waals surface area contributed by atoms with E-state index in [1.54, 1.807) is 48.5 Å². The van der Waals surface area contributed by atoms with E-state index in [-0.39, 0.29) is 11.9 Å². The molecule has 5 heteroatoms. The van der Waals surface area contributed by atoms with Gasteiger partial charge in [-0.05, 0) is 42.8 Å². The molecule has 23 heavy (non-hydrogen) atoms. The summed E-state index contributed by atoms with van der Waals surface area (Å²) in [5.41, 5.74) is 2.17. The molecule has 0 fully saturated rings. The maximum atomic E-state index is 12.3. The second-order valence-corrected chi connectivity index (χ2v) is 4.96. The van der Waals surface area contributed by atoms with Gasteiger partial charge in [0.15, 0.2) is 0 Å². The van der Waals surface area contributed by atoms with Crippen LogP contribution in [-0.4, -0.2) is 23.5 Å². The molecule has 0 unspecified atom stereocenters. The number of hydrogen-bond donors (Lipinski definition) is 0. The quantitative estimate of drug-likeness (QED) is 0.769. The van der Waals surface area contributed by atoms with Crippen LogP contribution in [0.15, 0.2) is 48.8 Å². The summed E-state index contributed by atoms with van der Waals surface area (Å²) < 4.78 is 4.96. The topological polar surface area (TPSA) is 59.5 Å². The predicted molar refractivity (Wildman–Crippen MR) is 88.1 cm³/mol. The largest absolute Gasteiger partial charge is 0.462 e. The highest BCUT2D eigenvalue weighted by Crippen LogP contribution is 2.19. The molecule has 0 spiro atoms. The van der Waals surface area contributed by atoms with Crippen molar-refractivity contribution in [2.24, 2.45) is 0 Å². The van der Waals surface area contributed by atoms with E-state index in [0.717, 1.165) is 11.3 Å². The highest BCUT2D eigenvalue weighted by molar-refractivity contribution is 5.94. The lowest BCUT2D eigenvalue weighted by molar-refractivity contribution is -0.118. The molecule has 0 bridgehead atoms. The van der Waals surface area contributed by atoms with Gasteiger partial charge in [-0.25, -0.2) is 4.79 Å². The Labute approximate surface area is 135 Å². The van der Waals surface area contributed by atoms with Crippen molar-refractivity contribution in [3.05, 3.63) is 59.9 Å². The minimum absolute atomic E-state index is 0.0118. The molecule has 0 aliphatic rings. The van der Waals surface area contributed by atoms with Crippen molar-refractivity contribution in [3.8, 4) is 0 Å². The van der Waals surface area contributed by atoms with Crippen LogP contribution >= 0.6 is 0 Å². The number of benzene rings is 1. The van der Waals surface area contributed by atoms with Crippen LogP contribution in [-0.2, 0) is 16.1 Å². The molecular formula is C18H20N2O3. The Hall–Kier alpha value is -2.69. The molecular weight excluding hydrogens is 292 g/mol. The number of nitrogens with zero attached hydrogens (tertiary/aromatic N) is 2. The summed E-state index contributed by atoms with van der Waals surface area (Å²) in [6, 6.07) is 10.6. The molecule has 1 aromatic carbocycles. The number of hydrogen-bond acceptors (Lipinski definition) is 4. The fourth-order valence-electron chi connectivity index (χ4n) is 2.18. The predicted octanol–water partition coefficient (Wildman–Crippen LogP) is 3.20. The molecule has 1 heterocycles. The highest BCUT2D eigenvalue weighted by atomic mass is 16.5. The van der Waals surface area contributed by atoms with E-state index in [9.17, 15) is 9.59 Å². The van der Waals surface area contributed by atoms with Crippen LogP contribution in [0.25, 0.3) is 0 Å². The van der Waals surface area contributed by atoms with E-state index in [1.165, 1.54) is 0 Å². The molecule has 0 atom stereocenters. The van der Waals surface area contributed by atoms with E-state index in [1.807, 2.05) is 19.1 Å². The Morgan fingerprint density at radius 1 is 1.13 bits per heavy atom. The minimum atomic E-state index is -0.361. The molecule has 5 nitrogen and oxygen atoms in total. The van der Waals surface area contributed by atoms with Crippen LogP contribution in [0, 0.1) is 0 Å². The van der Waals surface area contributed by atoms with Gasteiger partial charge in [-0.2, -0.15) is 0 Å². The maximum Gasteiger partial charge on any atom is 0.338 e. The van der Waals surface area contributed by atoms with Gasteiger partial charge in [0.25, 0.3) is 0 Å².